The third-order valence-corrected chi connectivity index (χ3v) is 2.71. The van der Waals surface area contributed by atoms with E-state index in [1.165, 1.54) is 5.39 Å². The van der Waals surface area contributed by atoms with Crippen LogP contribution in [0.4, 0.5) is 11.4 Å². The van der Waals surface area contributed by atoms with E-state index in [2.05, 4.69) is 28.0 Å². The molecule has 0 aliphatic carbocycles. The molecule has 0 radical (unpaired) electrons. The van der Waals surface area contributed by atoms with Gasteiger partial charge >= 0.3 is 0 Å². The third kappa shape index (κ3) is 1.95. The number of rotatable bonds is 3. The van der Waals surface area contributed by atoms with Crippen molar-refractivity contribution in [2.75, 3.05) is 10.9 Å². The summed E-state index contributed by atoms with van der Waals surface area (Å²) in [5.41, 5.74) is 9.63. The molecule has 3 rings (SSSR count). The van der Waals surface area contributed by atoms with E-state index in [-0.39, 0.29) is 0 Å². The summed E-state index contributed by atoms with van der Waals surface area (Å²) in [5, 5.41) is 1.18. The zero-order valence-electron chi connectivity index (χ0n) is 9.27. The molecule has 0 saturated heterocycles. The highest BCUT2D eigenvalue weighted by atomic mass is 15.4. The van der Waals surface area contributed by atoms with Crippen LogP contribution < -0.4 is 10.9 Å². The summed E-state index contributed by atoms with van der Waals surface area (Å²) in [6.07, 6.45) is 1.94. The minimum atomic E-state index is 1.04. The lowest BCUT2D eigenvalue weighted by molar-refractivity contribution is 1.43. The molecule has 1 heterocycles. The molecular formula is C14H13N3. The van der Waals surface area contributed by atoms with Gasteiger partial charge in [-0.15, -0.1) is 0 Å². The highest BCUT2D eigenvalue weighted by Crippen LogP contribution is 2.22. The number of para-hydroxylation sites is 1. The number of hydrogen-bond donors (Lipinski definition) is 3. The first-order valence-electron chi connectivity index (χ1n) is 5.57. The van der Waals surface area contributed by atoms with Crippen LogP contribution >= 0.6 is 0 Å². The SMILES string of the molecule is c1ccc(NNc2cccc3[nH]ccc23)cc1. The zero-order chi connectivity index (χ0) is 11.5. The average Bonchev–Trinajstić information content (AvgIpc) is 2.86. The third-order valence-electron chi connectivity index (χ3n) is 2.71. The van der Waals surface area contributed by atoms with Gasteiger partial charge in [-0.05, 0) is 30.3 Å². The molecule has 17 heavy (non-hydrogen) atoms. The second-order valence-electron chi connectivity index (χ2n) is 3.86. The summed E-state index contributed by atoms with van der Waals surface area (Å²) in [5.74, 6) is 0. The molecule has 0 saturated carbocycles. The molecule has 0 aliphatic heterocycles. The van der Waals surface area contributed by atoms with Crippen LogP contribution in [0, 0.1) is 0 Å². The van der Waals surface area contributed by atoms with E-state index in [1.54, 1.807) is 0 Å². The Bertz CT molecular complexity index is 613. The summed E-state index contributed by atoms with van der Waals surface area (Å²) in [6.45, 7) is 0. The molecule has 0 spiro atoms. The van der Waals surface area contributed by atoms with Crippen molar-refractivity contribution in [3.63, 3.8) is 0 Å². The molecular weight excluding hydrogens is 210 g/mol. The Kier molecular flexibility index (Phi) is 2.43. The second-order valence-corrected chi connectivity index (χ2v) is 3.86. The van der Waals surface area contributed by atoms with Gasteiger partial charge in [0.05, 0.1) is 11.4 Å². The van der Waals surface area contributed by atoms with E-state index in [0.717, 1.165) is 16.9 Å². The topological polar surface area (TPSA) is 39.8 Å². The van der Waals surface area contributed by atoms with Gasteiger partial charge in [-0.1, -0.05) is 24.3 Å². The molecule has 0 fully saturated rings. The molecule has 84 valence electrons. The van der Waals surface area contributed by atoms with Gasteiger partial charge in [-0.25, -0.2) is 0 Å². The van der Waals surface area contributed by atoms with Crippen molar-refractivity contribution in [2.45, 2.75) is 0 Å². The van der Waals surface area contributed by atoms with Crippen LogP contribution in [0.15, 0.2) is 60.8 Å². The van der Waals surface area contributed by atoms with Crippen molar-refractivity contribution in [3.05, 3.63) is 60.8 Å². The van der Waals surface area contributed by atoms with Crippen LogP contribution in [-0.2, 0) is 0 Å². The lowest BCUT2D eigenvalue weighted by Gasteiger charge is -2.10. The van der Waals surface area contributed by atoms with Gasteiger partial charge in [0, 0.05) is 17.1 Å². The number of hydrazine groups is 1. The summed E-state index contributed by atoms with van der Waals surface area (Å²) < 4.78 is 0. The van der Waals surface area contributed by atoms with Gasteiger partial charge in [-0.3, -0.25) is 0 Å². The van der Waals surface area contributed by atoms with Crippen LogP contribution in [0.25, 0.3) is 10.9 Å². The Morgan fingerprint density at radius 3 is 2.53 bits per heavy atom. The highest BCUT2D eigenvalue weighted by Gasteiger charge is 1.99. The lowest BCUT2D eigenvalue weighted by atomic mass is 10.2. The quantitative estimate of drug-likeness (QED) is 0.594. The Labute approximate surface area is 99.4 Å². The zero-order valence-corrected chi connectivity index (χ0v) is 9.27. The number of aromatic amines is 1. The van der Waals surface area contributed by atoms with Crippen molar-refractivity contribution >= 4 is 22.3 Å². The molecule has 3 aromatic rings. The smallest absolute Gasteiger partial charge is 0.0633 e. The van der Waals surface area contributed by atoms with Crippen molar-refractivity contribution in [3.8, 4) is 0 Å². The number of hydrogen-bond acceptors (Lipinski definition) is 2. The number of anilines is 2. The first-order chi connectivity index (χ1) is 8.43. The van der Waals surface area contributed by atoms with Gasteiger partial charge in [-0.2, -0.15) is 0 Å². The number of fused-ring (bicyclic) bond motifs is 1. The number of aromatic nitrogens is 1. The number of nitrogens with one attached hydrogen (secondary N) is 3. The van der Waals surface area contributed by atoms with Crippen molar-refractivity contribution < 1.29 is 0 Å². The van der Waals surface area contributed by atoms with Crippen LogP contribution in [0.2, 0.25) is 0 Å². The van der Waals surface area contributed by atoms with E-state index in [9.17, 15) is 0 Å². The Balaban J connectivity index is 1.84. The van der Waals surface area contributed by atoms with E-state index in [1.807, 2.05) is 48.7 Å². The maximum atomic E-state index is 3.22. The maximum Gasteiger partial charge on any atom is 0.0633 e. The fraction of sp³-hybridized carbons (Fsp3) is 0. The predicted octanol–water partition coefficient (Wildman–Crippen LogP) is 3.61. The largest absolute Gasteiger partial charge is 0.361 e. The minimum absolute atomic E-state index is 1.04. The first-order valence-corrected chi connectivity index (χ1v) is 5.57. The highest BCUT2D eigenvalue weighted by molar-refractivity contribution is 5.92. The molecule has 3 nitrogen and oxygen atoms in total. The van der Waals surface area contributed by atoms with Crippen molar-refractivity contribution in [1.29, 1.82) is 0 Å². The summed E-state index contributed by atoms with van der Waals surface area (Å²) in [7, 11) is 0. The summed E-state index contributed by atoms with van der Waals surface area (Å²) in [6, 6.07) is 18.2. The van der Waals surface area contributed by atoms with Gasteiger partial charge in [0.2, 0.25) is 0 Å². The molecule has 1 aromatic heterocycles. The normalized spacial score (nSPS) is 10.4. The van der Waals surface area contributed by atoms with Gasteiger partial charge < -0.3 is 15.8 Å². The Morgan fingerprint density at radius 2 is 1.65 bits per heavy atom. The van der Waals surface area contributed by atoms with Crippen LogP contribution in [0.5, 0.6) is 0 Å². The van der Waals surface area contributed by atoms with E-state index >= 15 is 0 Å². The number of benzene rings is 2. The van der Waals surface area contributed by atoms with Gasteiger partial charge in [0.1, 0.15) is 0 Å². The lowest BCUT2D eigenvalue weighted by Crippen LogP contribution is -2.08. The molecule has 0 amide bonds. The number of H-pyrrole nitrogens is 1. The average molecular weight is 223 g/mol. The van der Waals surface area contributed by atoms with Crippen molar-refractivity contribution in [1.82, 2.24) is 4.98 Å². The van der Waals surface area contributed by atoms with Gasteiger partial charge in [0.25, 0.3) is 0 Å². The fourth-order valence-corrected chi connectivity index (χ4v) is 1.86. The Hall–Kier alpha value is -2.42. The van der Waals surface area contributed by atoms with E-state index in [4.69, 9.17) is 0 Å². The van der Waals surface area contributed by atoms with Crippen LogP contribution in [0.3, 0.4) is 0 Å². The summed E-state index contributed by atoms with van der Waals surface area (Å²) >= 11 is 0. The fourth-order valence-electron chi connectivity index (χ4n) is 1.86. The first kappa shape index (κ1) is 9.78. The van der Waals surface area contributed by atoms with Crippen molar-refractivity contribution in [2.24, 2.45) is 0 Å². The molecule has 2 aromatic carbocycles. The monoisotopic (exact) mass is 223 g/mol. The maximum absolute atomic E-state index is 3.22. The molecule has 0 bridgehead atoms. The Morgan fingerprint density at radius 1 is 0.765 bits per heavy atom. The van der Waals surface area contributed by atoms with Crippen LogP contribution in [-0.4, -0.2) is 4.98 Å². The summed E-state index contributed by atoms with van der Waals surface area (Å²) in [4.78, 5) is 3.19. The molecule has 3 heteroatoms. The van der Waals surface area contributed by atoms with Gasteiger partial charge in [0.15, 0.2) is 0 Å². The second kappa shape index (κ2) is 4.22. The van der Waals surface area contributed by atoms with Crippen LogP contribution in [0.1, 0.15) is 0 Å². The molecule has 0 atom stereocenters. The molecule has 0 unspecified atom stereocenters. The van der Waals surface area contributed by atoms with E-state index < -0.39 is 0 Å². The minimum Gasteiger partial charge on any atom is -0.361 e. The standard InChI is InChI=1S/C14H13N3/c1-2-5-11(6-3-1)16-17-14-8-4-7-13-12(14)9-10-15-13/h1-10,15-17H. The molecule has 0 aliphatic rings. The molecule has 3 N–H and O–H groups in total. The van der Waals surface area contributed by atoms with E-state index in [0.29, 0.717) is 0 Å². The predicted molar refractivity (Wildman–Crippen MR) is 72.0 cm³/mol.